The van der Waals surface area contributed by atoms with E-state index in [4.69, 9.17) is 10.1 Å². The van der Waals surface area contributed by atoms with Gasteiger partial charge in [-0.05, 0) is 30.2 Å². The molecule has 0 amide bonds. The minimum atomic E-state index is -0.215. The number of methoxy groups -OCH3 is 1. The van der Waals surface area contributed by atoms with Crippen LogP contribution in [0.5, 0.6) is 5.75 Å². The van der Waals surface area contributed by atoms with Gasteiger partial charge in [0, 0.05) is 5.56 Å². The summed E-state index contributed by atoms with van der Waals surface area (Å²) in [5.41, 5.74) is 0.676. The fraction of sp³-hybridized carbons (Fsp3) is 0.333. The van der Waals surface area contributed by atoms with E-state index in [1.807, 2.05) is 13.8 Å². The highest BCUT2D eigenvalue weighted by atomic mass is 16.5. The monoisotopic (exact) mass is 205 g/mol. The fourth-order valence-electron chi connectivity index (χ4n) is 1.16. The second-order valence-corrected chi connectivity index (χ2v) is 3.63. The number of rotatable bonds is 4. The van der Waals surface area contributed by atoms with E-state index < -0.39 is 0 Å². The number of hydrogen-bond acceptors (Lipinski definition) is 3. The van der Waals surface area contributed by atoms with Crippen molar-refractivity contribution in [3.05, 3.63) is 29.8 Å². The van der Waals surface area contributed by atoms with Gasteiger partial charge in [-0.3, -0.25) is 4.79 Å². The number of ketones is 1. The van der Waals surface area contributed by atoms with Crippen molar-refractivity contribution in [3.63, 3.8) is 0 Å². The van der Waals surface area contributed by atoms with E-state index in [1.165, 1.54) is 0 Å². The molecule has 0 aromatic heterocycles. The second-order valence-electron chi connectivity index (χ2n) is 3.63. The van der Waals surface area contributed by atoms with Crippen LogP contribution in [0.2, 0.25) is 0 Å². The van der Waals surface area contributed by atoms with Gasteiger partial charge in [0.05, 0.1) is 12.8 Å². The summed E-state index contributed by atoms with van der Waals surface area (Å²) in [7, 11) is 1.58. The molecule has 3 heteroatoms. The van der Waals surface area contributed by atoms with Gasteiger partial charge in [-0.1, -0.05) is 13.8 Å². The van der Waals surface area contributed by atoms with E-state index in [0.29, 0.717) is 11.3 Å². The summed E-state index contributed by atoms with van der Waals surface area (Å²) in [4.78, 5) is 11.7. The Morgan fingerprint density at radius 2 is 1.80 bits per heavy atom. The molecule has 1 N–H and O–H groups in total. The molecule has 15 heavy (non-hydrogen) atoms. The maximum atomic E-state index is 11.7. The quantitative estimate of drug-likeness (QED) is 0.606. The topological polar surface area (TPSA) is 50.2 Å². The minimum absolute atomic E-state index is 0.0420. The van der Waals surface area contributed by atoms with E-state index in [1.54, 1.807) is 31.4 Å². The second kappa shape index (κ2) is 4.73. The van der Waals surface area contributed by atoms with Crippen LogP contribution < -0.4 is 4.74 Å². The number of ether oxygens (including phenoxy) is 1. The van der Waals surface area contributed by atoms with E-state index in [9.17, 15) is 4.79 Å². The molecule has 0 spiro atoms. The van der Waals surface area contributed by atoms with Crippen molar-refractivity contribution < 1.29 is 9.53 Å². The average molecular weight is 205 g/mol. The lowest BCUT2D eigenvalue weighted by Gasteiger charge is -2.06. The highest BCUT2D eigenvalue weighted by molar-refractivity contribution is 6.45. The summed E-state index contributed by atoms with van der Waals surface area (Å²) in [6.45, 7) is 3.67. The molecule has 0 saturated heterocycles. The Morgan fingerprint density at radius 1 is 1.27 bits per heavy atom. The summed E-state index contributed by atoms with van der Waals surface area (Å²) < 4.78 is 4.99. The molecule has 3 nitrogen and oxygen atoms in total. The molecule has 0 radical (unpaired) electrons. The molecule has 1 aromatic carbocycles. The van der Waals surface area contributed by atoms with Crippen molar-refractivity contribution in [2.45, 2.75) is 13.8 Å². The Balaban J connectivity index is 2.88. The normalized spacial score (nSPS) is 10.1. The van der Waals surface area contributed by atoms with Crippen molar-refractivity contribution in [1.82, 2.24) is 0 Å². The predicted molar refractivity (Wildman–Crippen MR) is 59.9 cm³/mol. The summed E-state index contributed by atoms with van der Waals surface area (Å²) in [6.07, 6.45) is 0. The van der Waals surface area contributed by atoms with Crippen LogP contribution in [0.1, 0.15) is 24.2 Å². The van der Waals surface area contributed by atoms with Gasteiger partial charge in [0.25, 0.3) is 0 Å². The van der Waals surface area contributed by atoms with E-state index in [2.05, 4.69) is 0 Å². The molecule has 0 bridgehead atoms. The highest BCUT2D eigenvalue weighted by Crippen LogP contribution is 2.13. The summed E-state index contributed by atoms with van der Waals surface area (Å²) >= 11 is 0. The summed E-state index contributed by atoms with van der Waals surface area (Å²) in [5.74, 6) is 0.454. The smallest absolute Gasteiger partial charge is 0.206 e. The SMILES string of the molecule is COc1ccc(C(=O)C(=N)C(C)C)cc1. The van der Waals surface area contributed by atoms with Crippen LogP contribution in [0.4, 0.5) is 0 Å². The lowest BCUT2D eigenvalue weighted by molar-refractivity contribution is 0.106. The zero-order valence-corrected chi connectivity index (χ0v) is 9.20. The fourth-order valence-corrected chi connectivity index (χ4v) is 1.16. The molecule has 0 fully saturated rings. The molecule has 0 unspecified atom stereocenters. The number of carbonyl (C=O) groups excluding carboxylic acids is 1. The molecule has 0 atom stereocenters. The Labute approximate surface area is 89.6 Å². The third-order valence-electron chi connectivity index (χ3n) is 2.17. The van der Waals surface area contributed by atoms with Crippen molar-refractivity contribution in [3.8, 4) is 5.75 Å². The molecule has 0 aliphatic heterocycles. The van der Waals surface area contributed by atoms with Gasteiger partial charge in [-0.25, -0.2) is 0 Å². The number of benzene rings is 1. The van der Waals surface area contributed by atoms with Crippen molar-refractivity contribution in [2.75, 3.05) is 7.11 Å². The van der Waals surface area contributed by atoms with Crippen molar-refractivity contribution in [2.24, 2.45) is 5.92 Å². The van der Waals surface area contributed by atoms with Gasteiger partial charge >= 0.3 is 0 Å². The Bertz CT molecular complexity index is 366. The van der Waals surface area contributed by atoms with Gasteiger partial charge in [0.15, 0.2) is 0 Å². The highest BCUT2D eigenvalue weighted by Gasteiger charge is 2.14. The maximum absolute atomic E-state index is 11.7. The molecule has 1 aromatic rings. The van der Waals surface area contributed by atoms with Crippen LogP contribution in [0.25, 0.3) is 0 Å². The van der Waals surface area contributed by atoms with Crippen LogP contribution in [0.15, 0.2) is 24.3 Å². The molecular formula is C12H15NO2. The van der Waals surface area contributed by atoms with Gasteiger partial charge in [-0.2, -0.15) is 0 Å². The van der Waals surface area contributed by atoms with E-state index >= 15 is 0 Å². The van der Waals surface area contributed by atoms with Gasteiger partial charge in [0.2, 0.25) is 5.78 Å². The maximum Gasteiger partial charge on any atom is 0.206 e. The first-order valence-electron chi connectivity index (χ1n) is 4.83. The molecular weight excluding hydrogens is 190 g/mol. The van der Waals surface area contributed by atoms with E-state index in [0.717, 1.165) is 0 Å². The average Bonchev–Trinajstić information content (AvgIpc) is 2.27. The third-order valence-corrected chi connectivity index (χ3v) is 2.17. The first-order valence-corrected chi connectivity index (χ1v) is 4.83. The first kappa shape index (κ1) is 11.4. The standard InChI is InChI=1S/C12H15NO2/c1-8(2)11(13)12(14)9-4-6-10(15-3)7-5-9/h4-8,13H,1-3H3. The minimum Gasteiger partial charge on any atom is -0.497 e. The number of hydrogen-bond donors (Lipinski definition) is 1. The van der Waals surface area contributed by atoms with Gasteiger partial charge < -0.3 is 10.1 Å². The van der Waals surface area contributed by atoms with Crippen LogP contribution in [0.3, 0.4) is 0 Å². The van der Waals surface area contributed by atoms with Crippen LogP contribution in [0, 0.1) is 11.3 Å². The zero-order valence-electron chi connectivity index (χ0n) is 9.20. The van der Waals surface area contributed by atoms with Crippen molar-refractivity contribution >= 4 is 11.5 Å². The zero-order chi connectivity index (χ0) is 11.4. The Hall–Kier alpha value is -1.64. The number of carbonyl (C=O) groups is 1. The predicted octanol–water partition coefficient (Wildman–Crippen LogP) is 2.55. The summed E-state index contributed by atoms with van der Waals surface area (Å²) in [6, 6.07) is 6.80. The van der Waals surface area contributed by atoms with Crippen molar-refractivity contribution in [1.29, 1.82) is 5.41 Å². The van der Waals surface area contributed by atoms with E-state index in [-0.39, 0.29) is 17.4 Å². The lowest BCUT2D eigenvalue weighted by atomic mass is 9.99. The van der Waals surface area contributed by atoms with Crippen LogP contribution in [-0.4, -0.2) is 18.6 Å². The lowest BCUT2D eigenvalue weighted by Crippen LogP contribution is -2.18. The Morgan fingerprint density at radius 3 is 2.20 bits per heavy atom. The van der Waals surface area contributed by atoms with Gasteiger partial charge in [0.1, 0.15) is 5.75 Å². The largest absolute Gasteiger partial charge is 0.497 e. The molecule has 1 rings (SSSR count). The molecule has 0 saturated carbocycles. The third kappa shape index (κ3) is 2.65. The molecule has 80 valence electrons. The first-order chi connectivity index (χ1) is 7.06. The summed E-state index contributed by atoms with van der Waals surface area (Å²) in [5, 5.41) is 7.60. The van der Waals surface area contributed by atoms with Crippen LogP contribution in [-0.2, 0) is 0 Å². The Kier molecular flexibility index (Phi) is 3.61. The molecule has 0 aliphatic carbocycles. The number of nitrogens with one attached hydrogen (secondary N) is 1. The molecule has 0 heterocycles. The molecule has 0 aliphatic rings. The van der Waals surface area contributed by atoms with Gasteiger partial charge in [-0.15, -0.1) is 0 Å². The number of Topliss-reactive ketones (excluding diaryl/α,β-unsaturated/α-hetero) is 1. The van der Waals surface area contributed by atoms with Crippen LogP contribution >= 0.6 is 0 Å².